The first-order chi connectivity index (χ1) is 13.8. The Morgan fingerprint density at radius 2 is 1.86 bits per heavy atom. The van der Waals surface area contributed by atoms with Gasteiger partial charge in [-0.1, -0.05) is 42.4 Å². The van der Waals surface area contributed by atoms with Gasteiger partial charge in [0.25, 0.3) is 0 Å². The highest BCUT2D eigenvalue weighted by molar-refractivity contribution is 5.55. The van der Waals surface area contributed by atoms with Crippen molar-refractivity contribution in [2.45, 2.75) is 20.0 Å². The monoisotopic (exact) mass is 379 g/mol. The molecule has 1 fully saturated rings. The fraction of sp³-hybridized carbons (Fsp3) is 0.381. The van der Waals surface area contributed by atoms with Crippen molar-refractivity contribution in [3.63, 3.8) is 0 Å². The van der Waals surface area contributed by atoms with E-state index in [0.29, 0.717) is 18.3 Å². The van der Waals surface area contributed by atoms with Crippen LogP contribution >= 0.6 is 0 Å². The highest BCUT2D eigenvalue weighted by Crippen LogP contribution is 2.20. The van der Waals surface area contributed by atoms with E-state index in [1.165, 1.54) is 5.56 Å². The molecule has 28 heavy (non-hydrogen) atoms. The van der Waals surface area contributed by atoms with Gasteiger partial charge in [-0.2, -0.15) is 4.98 Å². The molecular weight excluding hydrogens is 354 g/mol. The second kappa shape index (κ2) is 8.95. The Bertz CT molecular complexity index is 860. The van der Waals surface area contributed by atoms with Crippen LogP contribution in [0, 0.1) is 0 Å². The van der Waals surface area contributed by atoms with Crippen molar-refractivity contribution in [1.29, 1.82) is 0 Å². The molecule has 1 aromatic carbocycles. The second-order valence-electron chi connectivity index (χ2n) is 6.81. The molecular formula is C21H25N5O2. The summed E-state index contributed by atoms with van der Waals surface area (Å²) < 4.78 is 10.9. The zero-order valence-electron chi connectivity index (χ0n) is 16.1. The maximum atomic E-state index is 5.48. The van der Waals surface area contributed by atoms with Gasteiger partial charge in [0, 0.05) is 31.4 Å². The van der Waals surface area contributed by atoms with Crippen LogP contribution < -0.4 is 4.90 Å². The third-order valence-corrected chi connectivity index (χ3v) is 4.86. The third kappa shape index (κ3) is 4.55. The molecule has 0 amide bonds. The van der Waals surface area contributed by atoms with Crippen LogP contribution in [-0.2, 0) is 17.8 Å². The van der Waals surface area contributed by atoms with Crippen LogP contribution in [0.4, 0.5) is 5.82 Å². The molecule has 0 N–H and O–H groups in total. The molecule has 1 aliphatic heterocycles. The van der Waals surface area contributed by atoms with E-state index in [2.05, 4.69) is 56.1 Å². The Kier molecular flexibility index (Phi) is 5.94. The van der Waals surface area contributed by atoms with Crippen LogP contribution in [0.25, 0.3) is 11.4 Å². The van der Waals surface area contributed by atoms with E-state index in [1.54, 1.807) is 6.20 Å². The standard InChI is InChI=1S/C21H25N5O2/c1-2-25(15-17-6-4-3-5-7-17)16-20-23-21(24-28-20)18-8-9-19(22-14-18)26-10-12-27-13-11-26/h3-9,14H,2,10-13,15-16H2,1H3. The number of ether oxygens (including phenoxy) is 1. The lowest BCUT2D eigenvalue weighted by Crippen LogP contribution is -2.36. The number of aromatic nitrogens is 3. The summed E-state index contributed by atoms with van der Waals surface area (Å²) >= 11 is 0. The summed E-state index contributed by atoms with van der Waals surface area (Å²) in [5, 5.41) is 4.14. The molecule has 0 atom stereocenters. The van der Waals surface area contributed by atoms with Gasteiger partial charge in [0.15, 0.2) is 0 Å². The Morgan fingerprint density at radius 3 is 2.57 bits per heavy atom. The SMILES string of the molecule is CCN(Cc1ccccc1)Cc1nc(-c2ccc(N3CCOCC3)nc2)no1. The van der Waals surface area contributed by atoms with Crippen LogP contribution in [0.2, 0.25) is 0 Å². The maximum absolute atomic E-state index is 5.48. The van der Waals surface area contributed by atoms with Crippen LogP contribution in [0.15, 0.2) is 53.2 Å². The van der Waals surface area contributed by atoms with E-state index in [9.17, 15) is 0 Å². The molecule has 0 saturated carbocycles. The van der Waals surface area contributed by atoms with Crippen LogP contribution in [0.1, 0.15) is 18.4 Å². The van der Waals surface area contributed by atoms with Gasteiger partial charge in [-0.3, -0.25) is 4.90 Å². The van der Waals surface area contributed by atoms with Gasteiger partial charge in [0.05, 0.1) is 19.8 Å². The summed E-state index contributed by atoms with van der Waals surface area (Å²) in [4.78, 5) is 13.6. The highest BCUT2D eigenvalue weighted by atomic mass is 16.5. The maximum Gasteiger partial charge on any atom is 0.241 e. The van der Waals surface area contributed by atoms with Gasteiger partial charge in [0.1, 0.15) is 5.82 Å². The average molecular weight is 379 g/mol. The van der Waals surface area contributed by atoms with Crippen molar-refractivity contribution in [1.82, 2.24) is 20.0 Å². The first kappa shape index (κ1) is 18.6. The first-order valence-electron chi connectivity index (χ1n) is 9.70. The van der Waals surface area contributed by atoms with Crippen LogP contribution in [0.3, 0.4) is 0 Å². The Morgan fingerprint density at radius 1 is 1.04 bits per heavy atom. The molecule has 7 heteroatoms. The second-order valence-corrected chi connectivity index (χ2v) is 6.81. The molecule has 0 radical (unpaired) electrons. The lowest BCUT2D eigenvalue weighted by molar-refractivity contribution is 0.122. The molecule has 0 aliphatic carbocycles. The summed E-state index contributed by atoms with van der Waals surface area (Å²) in [7, 11) is 0. The van der Waals surface area contributed by atoms with E-state index >= 15 is 0 Å². The van der Waals surface area contributed by atoms with Crippen molar-refractivity contribution >= 4 is 5.82 Å². The first-order valence-corrected chi connectivity index (χ1v) is 9.70. The van der Waals surface area contributed by atoms with E-state index in [4.69, 9.17) is 9.26 Å². The molecule has 146 valence electrons. The van der Waals surface area contributed by atoms with Crippen molar-refractivity contribution in [2.75, 3.05) is 37.7 Å². The summed E-state index contributed by atoms with van der Waals surface area (Å²) in [6.45, 7) is 7.74. The van der Waals surface area contributed by atoms with E-state index < -0.39 is 0 Å². The van der Waals surface area contributed by atoms with Gasteiger partial charge in [-0.15, -0.1) is 0 Å². The molecule has 0 spiro atoms. The van der Waals surface area contributed by atoms with Crippen molar-refractivity contribution < 1.29 is 9.26 Å². The fourth-order valence-electron chi connectivity index (χ4n) is 3.25. The van der Waals surface area contributed by atoms with Gasteiger partial charge in [-0.05, 0) is 24.2 Å². The van der Waals surface area contributed by atoms with Gasteiger partial charge in [0.2, 0.25) is 11.7 Å². The van der Waals surface area contributed by atoms with Crippen LogP contribution in [0.5, 0.6) is 0 Å². The summed E-state index contributed by atoms with van der Waals surface area (Å²) in [6, 6.07) is 14.4. The minimum absolute atomic E-state index is 0.576. The third-order valence-electron chi connectivity index (χ3n) is 4.86. The normalized spacial score (nSPS) is 14.6. The van der Waals surface area contributed by atoms with Crippen molar-refractivity contribution in [3.8, 4) is 11.4 Å². The number of anilines is 1. The molecule has 1 aliphatic rings. The average Bonchev–Trinajstić information content (AvgIpc) is 3.23. The summed E-state index contributed by atoms with van der Waals surface area (Å²) in [6.07, 6.45) is 1.81. The molecule has 3 aromatic rings. The smallest absolute Gasteiger partial charge is 0.241 e. The molecule has 3 heterocycles. The Balaban J connectivity index is 1.40. The zero-order chi connectivity index (χ0) is 19.2. The van der Waals surface area contributed by atoms with E-state index in [-0.39, 0.29) is 0 Å². The molecule has 4 rings (SSSR count). The van der Waals surface area contributed by atoms with Gasteiger partial charge >= 0.3 is 0 Å². The topological polar surface area (TPSA) is 67.5 Å². The number of pyridine rings is 1. The van der Waals surface area contributed by atoms with E-state index in [0.717, 1.165) is 50.8 Å². The minimum Gasteiger partial charge on any atom is -0.378 e. The molecule has 7 nitrogen and oxygen atoms in total. The van der Waals surface area contributed by atoms with Crippen molar-refractivity contribution in [3.05, 3.63) is 60.1 Å². The summed E-state index contributed by atoms with van der Waals surface area (Å²) in [5.41, 5.74) is 2.13. The van der Waals surface area contributed by atoms with Crippen LogP contribution in [-0.4, -0.2) is 52.9 Å². The predicted molar refractivity (Wildman–Crippen MR) is 107 cm³/mol. The number of hydrogen-bond donors (Lipinski definition) is 0. The molecule has 0 unspecified atom stereocenters. The minimum atomic E-state index is 0.576. The number of benzene rings is 1. The number of rotatable bonds is 7. The largest absolute Gasteiger partial charge is 0.378 e. The molecule has 2 aromatic heterocycles. The fourth-order valence-corrected chi connectivity index (χ4v) is 3.25. The van der Waals surface area contributed by atoms with E-state index in [1.807, 2.05) is 18.2 Å². The number of morpholine rings is 1. The Labute approximate surface area is 164 Å². The lowest BCUT2D eigenvalue weighted by atomic mass is 10.2. The zero-order valence-corrected chi connectivity index (χ0v) is 16.1. The lowest BCUT2D eigenvalue weighted by Gasteiger charge is -2.27. The predicted octanol–water partition coefficient (Wildman–Crippen LogP) is 2.99. The molecule has 0 bridgehead atoms. The summed E-state index contributed by atoms with van der Waals surface area (Å²) in [5.74, 6) is 2.15. The number of nitrogens with zero attached hydrogens (tertiary/aromatic N) is 5. The highest BCUT2D eigenvalue weighted by Gasteiger charge is 2.15. The van der Waals surface area contributed by atoms with Crippen molar-refractivity contribution in [2.24, 2.45) is 0 Å². The quantitative estimate of drug-likeness (QED) is 0.625. The van der Waals surface area contributed by atoms with Gasteiger partial charge < -0.3 is 14.2 Å². The number of hydrogen-bond acceptors (Lipinski definition) is 7. The molecule has 1 saturated heterocycles. The van der Waals surface area contributed by atoms with Gasteiger partial charge in [-0.25, -0.2) is 4.98 Å². The Hall–Kier alpha value is -2.77.